The molecule has 2 fully saturated rings. The molecule has 9 heteroatoms. The minimum Gasteiger partial charge on any atom is -0.337 e. The lowest BCUT2D eigenvalue weighted by Gasteiger charge is -2.22. The van der Waals surface area contributed by atoms with E-state index >= 15 is 0 Å². The Kier molecular flexibility index (Phi) is 6.21. The highest BCUT2D eigenvalue weighted by atomic mass is 32.2. The van der Waals surface area contributed by atoms with Crippen molar-refractivity contribution in [3.63, 3.8) is 0 Å². The molecule has 4 rings (SSSR count). The van der Waals surface area contributed by atoms with Crippen LogP contribution in [0.3, 0.4) is 0 Å². The predicted octanol–water partition coefficient (Wildman–Crippen LogP) is 1.55. The van der Waals surface area contributed by atoms with Gasteiger partial charge in [0, 0.05) is 70.2 Å². The number of benzene rings is 1. The smallest absolute Gasteiger partial charge is 0.253 e. The van der Waals surface area contributed by atoms with E-state index in [-0.39, 0.29) is 10.8 Å². The molecule has 30 heavy (non-hydrogen) atoms. The molecule has 0 radical (unpaired) electrons. The van der Waals surface area contributed by atoms with Crippen molar-refractivity contribution in [2.45, 2.75) is 30.7 Å². The third kappa shape index (κ3) is 4.58. The highest BCUT2D eigenvalue weighted by molar-refractivity contribution is 7.89. The van der Waals surface area contributed by atoms with Gasteiger partial charge in [-0.3, -0.25) is 14.4 Å². The topological polar surface area (TPSA) is 78.8 Å². The van der Waals surface area contributed by atoms with Crippen LogP contribution in [0.4, 0.5) is 0 Å². The Balaban J connectivity index is 1.43. The Bertz CT molecular complexity index is 998. The van der Waals surface area contributed by atoms with Gasteiger partial charge in [-0.1, -0.05) is 6.07 Å². The fourth-order valence-electron chi connectivity index (χ4n) is 4.19. The lowest BCUT2D eigenvalue weighted by Crippen LogP contribution is -2.35. The second-order valence-corrected chi connectivity index (χ2v) is 10.0. The Hall–Kier alpha value is -2.23. The van der Waals surface area contributed by atoms with Crippen molar-refractivity contribution in [1.82, 2.24) is 23.9 Å². The molecule has 2 aliphatic heterocycles. The number of hydrogen-bond donors (Lipinski definition) is 0. The molecule has 162 valence electrons. The normalized spacial score (nSPS) is 19.2. The van der Waals surface area contributed by atoms with Crippen molar-refractivity contribution in [1.29, 1.82) is 0 Å². The van der Waals surface area contributed by atoms with E-state index in [1.165, 1.54) is 10.4 Å². The van der Waals surface area contributed by atoms with E-state index in [1.54, 1.807) is 22.9 Å². The van der Waals surface area contributed by atoms with Gasteiger partial charge in [0.15, 0.2) is 0 Å². The Labute approximate surface area is 178 Å². The molecule has 0 atom stereocenters. The summed E-state index contributed by atoms with van der Waals surface area (Å²) in [7, 11) is -1.62. The van der Waals surface area contributed by atoms with Crippen LogP contribution in [0.15, 0.2) is 41.6 Å². The van der Waals surface area contributed by atoms with Gasteiger partial charge in [0.25, 0.3) is 5.91 Å². The molecule has 8 nitrogen and oxygen atoms in total. The fourth-order valence-corrected chi connectivity index (χ4v) is 5.76. The monoisotopic (exact) mass is 431 g/mol. The van der Waals surface area contributed by atoms with Crippen molar-refractivity contribution < 1.29 is 13.2 Å². The first-order valence-electron chi connectivity index (χ1n) is 10.5. The second-order valence-electron chi connectivity index (χ2n) is 8.08. The van der Waals surface area contributed by atoms with E-state index in [2.05, 4.69) is 10.00 Å². The van der Waals surface area contributed by atoms with Crippen molar-refractivity contribution in [2.24, 2.45) is 7.05 Å². The zero-order chi connectivity index (χ0) is 21.1. The summed E-state index contributed by atoms with van der Waals surface area (Å²) in [6.45, 7) is 4.93. The largest absolute Gasteiger partial charge is 0.337 e. The van der Waals surface area contributed by atoms with E-state index in [4.69, 9.17) is 0 Å². The lowest BCUT2D eigenvalue weighted by molar-refractivity contribution is 0.0761. The maximum absolute atomic E-state index is 13.1. The highest BCUT2D eigenvalue weighted by Gasteiger charge is 2.28. The first-order valence-corrected chi connectivity index (χ1v) is 12.0. The molecule has 0 unspecified atom stereocenters. The van der Waals surface area contributed by atoms with Gasteiger partial charge >= 0.3 is 0 Å². The Morgan fingerprint density at radius 3 is 2.57 bits per heavy atom. The van der Waals surface area contributed by atoms with E-state index in [0.717, 1.165) is 44.5 Å². The van der Waals surface area contributed by atoms with E-state index in [1.807, 2.05) is 24.3 Å². The Morgan fingerprint density at radius 1 is 1.03 bits per heavy atom. The van der Waals surface area contributed by atoms with Crippen LogP contribution in [0.25, 0.3) is 0 Å². The SMILES string of the molecule is Cn1cc(CN2CCCN(C(=O)c3cccc(S(=O)(=O)N4CCCC4)c3)CC2)cn1. The zero-order valence-electron chi connectivity index (χ0n) is 17.4. The van der Waals surface area contributed by atoms with Gasteiger partial charge in [0.2, 0.25) is 10.0 Å². The van der Waals surface area contributed by atoms with E-state index in [9.17, 15) is 13.2 Å². The standard InChI is InChI=1S/C21H29N5O3S/c1-23-16-18(15-22-23)17-24-8-5-9-25(13-12-24)21(27)19-6-4-7-20(14-19)30(28,29)26-10-2-3-11-26/h4,6-7,14-16H,2-3,5,8-13,17H2,1H3. The van der Waals surface area contributed by atoms with Crippen molar-refractivity contribution in [3.05, 3.63) is 47.8 Å². The van der Waals surface area contributed by atoms with Gasteiger partial charge in [-0.05, 0) is 37.5 Å². The summed E-state index contributed by atoms with van der Waals surface area (Å²) < 4.78 is 29.0. The zero-order valence-corrected chi connectivity index (χ0v) is 18.2. The summed E-state index contributed by atoms with van der Waals surface area (Å²) in [5.74, 6) is -0.100. The van der Waals surface area contributed by atoms with Crippen LogP contribution < -0.4 is 0 Å². The van der Waals surface area contributed by atoms with Crippen molar-refractivity contribution in [3.8, 4) is 0 Å². The lowest BCUT2D eigenvalue weighted by atomic mass is 10.2. The molecule has 0 N–H and O–H groups in total. The number of hydrogen-bond acceptors (Lipinski definition) is 5. The van der Waals surface area contributed by atoms with E-state index < -0.39 is 10.0 Å². The second kappa shape index (κ2) is 8.87. The first-order chi connectivity index (χ1) is 14.4. The van der Waals surface area contributed by atoms with Crippen LogP contribution in [-0.4, -0.2) is 77.5 Å². The molecule has 0 saturated carbocycles. The van der Waals surface area contributed by atoms with Gasteiger partial charge in [-0.2, -0.15) is 9.40 Å². The molecule has 0 bridgehead atoms. The number of nitrogens with zero attached hydrogens (tertiary/aromatic N) is 5. The molecule has 1 aromatic heterocycles. The van der Waals surface area contributed by atoms with Gasteiger partial charge in [0.1, 0.15) is 0 Å². The number of aryl methyl sites for hydroxylation is 1. The minimum absolute atomic E-state index is 0.100. The molecule has 2 aliphatic rings. The summed E-state index contributed by atoms with van der Waals surface area (Å²) in [6, 6.07) is 6.50. The fraction of sp³-hybridized carbons (Fsp3) is 0.524. The van der Waals surface area contributed by atoms with Gasteiger partial charge in [0.05, 0.1) is 11.1 Å². The molecule has 2 saturated heterocycles. The van der Waals surface area contributed by atoms with Crippen LogP contribution in [0.2, 0.25) is 0 Å². The molecule has 0 aliphatic carbocycles. The maximum atomic E-state index is 13.1. The first kappa shape index (κ1) is 21.0. The third-order valence-corrected chi connectivity index (χ3v) is 7.72. The molecular weight excluding hydrogens is 402 g/mol. The number of carbonyl (C=O) groups is 1. The van der Waals surface area contributed by atoms with Crippen LogP contribution >= 0.6 is 0 Å². The number of sulfonamides is 1. The highest BCUT2D eigenvalue weighted by Crippen LogP contribution is 2.22. The summed E-state index contributed by atoms with van der Waals surface area (Å²) in [4.78, 5) is 17.5. The maximum Gasteiger partial charge on any atom is 0.253 e. The van der Waals surface area contributed by atoms with E-state index in [0.29, 0.717) is 31.7 Å². The van der Waals surface area contributed by atoms with Crippen LogP contribution in [0.5, 0.6) is 0 Å². The van der Waals surface area contributed by atoms with Crippen molar-refractivity contribution in [2.75, 3.05) is 39.3 Å². The number of aromatic nitrogens is 2. The van der Waals surface area contributed by atoms with Crippen LogP contribution in [0, 0.1) is 0 Å². The van der Waals surface area contributed by atoms with Crippen LogP contribution in [0.1, 0.15) is 35.2 Å². The molecule has 1 amide bonds. The van der Waals surface area contributed by atoms with Gasteiger partial charge in [-0.15, -0.1) is 0 Å². The van der Waals surface area contributed by atoms with Crippen LogP contribution in [-0.2, 0) is 23.6 Å². The summed E-state index contributed by atoms with van der Waals surface area (Å²) in [5.41, 5.74) is 1.60. The minimum atomic E-state index is -3.53. The number of carbonyl (C=O) groups excluding carboxylic acids is 1. The molecule has 3 heterocycles. The average molecular weight is 432 g/mol. The van der Waals surface area contributed by atoms with Crippen molar-refractivity contribution >= 4 is 15.9 Å². The Morgan fingerprint density at radius 2 is 1.83 bits per heavy atom. The summed E-state index contributed by atoms with van der Waals surface area (Å²) in [5, 5.41) is 4.22. The predicted molar refractivity (Wildman–Crippen MR) is 113 cm³/mol. The quantitative estimate of drug-likeness (QED) is 0.718. The number of amides is 1. The molecule has 1 aromatic carbocycles. The number of rotatable bonds is 5. The average Bonchev–Trinajstić information content (AvgIpc) is 3.37. The molecular formula is C21H29N5O3S. The van der Waals surface area contributed by atoms with Gasteiger partial charge in [-0.25, -0.2) is 8.42 Å². The van der Waals surface area contributed by atoms with Gasteiger partial charge < -0.3 is 4.90 Å². The molecule has 2 aromatic rings. The molecule has 0 spiro atoms. The summed E-state index contributed by atoms with van der Waals surface area (Å²) >= 11 is 0. The third-order valence-electron chi connectivity index (χ3n) is 5.82. The summed E-state index contributed by atoms with van der Waals surface area (Å²) in [6.07, 6.45) is 6.56.